The quantitative estimate of drug-likeness (QED) is 0.743. The summed E-state index contributed by atoms with van der Waals surface area (Å²) in [5.41, 5.74) is 0. The van der Waals surface area contributed by atoms with Gasteiger partial charge in [0.05, 0.1) is 17.6 Å². The van der Waals surface area contributed by atoms with E-state index in [1.54, 1.807) is 18.2 Å². The van der Waals surface area contributed by atoms with E-state index in [9.17, 15) is 13.5 Å². The van der Waals surface area contributed by atoms with Crippen molar-refractivity contribution in [2.75, 3.05) is 13.2 Å². The Labute approximate surface area is 111 Å². The lowest BCUT2D eigenvalue weighted by atomic mass is 10.1. The molecule has 0 aliphatic heterocycles. The van der Waals surface area contributed by atoms with Gasteiger partial charge in [-0.25, -0.2) is 13.1 Å². The molecule has 0 saturated heterocycles. The number of sulfonamides is 1. The van der Waals surface area contributed by atoms with Gasteiger partial charge < -0.3 is 10.2 Å². The number of benzene rings is 2. The van der Waals surface area contributed by atoms with Crippen LogP contribution in [0.2, 0.25) is 0 Å². The molecular formula is C13H15NO4S. The number of fused-ring (bicyclic) bond motifs is 1. The van der Waals surface area contributed by atoms with Crippen molar-refractivity contribution < 1.29 is 18.6 Å². The molecule has 2 rings (SSSR count). The lowest BCUT2D eigenvalue weighted by Gasteiger charge is -2.11. The van der Waals surface area contributed by atoms with E-state index in [0.717, 1.165) is 5.39 Å². The minimum atomic E-state index is -3.71. The standard InChI is InChI=1S/C13H15NO4S/c15-9-11(16)8-14-19(17,18)13-7-3-5-10-4-1-2-6-12(10)13/h1-7,11,14-16H,8-9H2. The summed E-state index contributed by atoms with van der Waals surface area (Å²) < 4.78 is 26.6. The third kappa shape index (κ3) is 3.10. The van der Waals surface area contributed by atoms with Crippen molar-refractivity contribution in [2.24, 2.45) is 0 Å². The first kappa shape index (κ1) is 14.0. The molecule has 0 fully saturated rings. The molecule has 3 N–H and O–H groups in total. The lowest BCUT2D eigenvalue weighted by Crippen LogP contribution is -2.34. The molecule has 0 aromatic heterocycles. The molecule has 0 heterocycles. The third-order valence-electron chi connectivity index (χ3n) is 2.76. The van der Waals surface area contributed by atoms with Gasteiger partial charge in [0.15, 0.2) is 0 Å². The first-order chi connectivity index (χ1) is 9.04. The van der Waals surface area contributed by atoms with Gasteiger partial charge >= 0.3 is 0 Å². The molecule has 0 aliphatic rings. The SMILES string of the molecule is O=S(=O)(NCC(O)CO)c1cccc2ccccc12. The highest BCUT2D eigenvalue weighted by Crippen LogP contribution is 2.22. The van der Waals surface area contributed by atoms with Crippen LogP contribution in [0.3, 0.4) is 0 Å². The Morgan fingerprint density at radius 1 is 1.11 bits per heavy atom. The van der Waals surface area contributed by atoms with E-state index in [0.29, 0.717) is 5.39 Å². The van der Waals surface area contributed by atoms with Gasteiger partial charge in [-0.05, 0) is 11.5 Å². The second kappa shape index (κ2) is 5.66. The summed E-state index contributed by atoms with van der Waals surface area (Å²) in [5.74, 6) is 0. The zero-order valence-corrected chi connectivity index (χ0v) is 11.0. The highest BCUT2D eigenvalue weighted by molar-refractivity contribution is 7.89. The first-order valence-corrected chi connectivity index (χ1v) is 7.29. The zero-order valence-electron chi connectivity index (χ0n) is 10.2. The molecule has 0 amide bonds. The fourth-order valence-electron chi connectivity index (χ4n) is 1.78. The van der Waals surface area contributed by atoms with E-state index in [2.05, 4.69) is 4.72 Å². The van der Waals surface area contributed by atoms with Crippen molar-refractivity contribution in [2.45, 2.75) is 11.0 Å². The molecule has 0 spiro atoms. The van der Waals surface area contributed by atoms with Crippen molar-refractivity contribution in [3.8, 4) is 0 Å². The van der Waals surface area contributed by atoms with Gasteiger partial charge in [-0.1, -0.05) is 36.4 Å². The van der Waals surface area contributed by atoms with Crippen molar-refractivity contribution in [1.82, 2.24) is 4.72 Å². The maximum atomic E-state index is 12.2. The summed E-state index contributed by atoms with van der Waals surface area (Å²) >= 11 is 0. The minimum Gasteiger partial charge on any atom is -0.394 e. The van der Waals surface area contributed by atoms with E-state index in [1.807, 2.05) is 18.2 Å². The topological polar surface area (TPSA) is 86.6 Å². The summed E-state index contributed by atoms with van der Waals surface area (Å²) in [5, 5.41) is 19.3. The Balaban J connectivity index is 2.38. The van der Waals surface area contributed by atoms with Crippen LogP contribution in [-0.4, -0.2) is 37.9 Å². The van der Waals surface area contributed by atoms with Gasteiger partial charge in [0, 0.05) is 11.9 Å². The number of aliphatic hydroxyl groups excluding tert-OH is 2. The second-order valence-corrected chi connectivity index (χ2v) is 5.90. The fourth-order valence-corrected chi connectivity index (χ4v) is 3.08. The molecule has 102 valence electrons. The van der Waals surface area contributed by atoms with Crippen LogP contribution in [-0.2, 0) is 10.0 Å². The Kier molecular flexibility index (Phi) is 4.16. The average molecular weight is 281 g/mol. The fraction of sp³-hybridized carbons (Fsp3) is 0.231. The molecule has 0 aliphatic carbocycles. The molecule has 1 unspecified atom stereocenters. The molecule has 6 heteroatoms. The van der Waals surface area contributed by atoms with Gasteiger partial charge in [-0.2, -0.15) is 0 Å². The van der Waals surface area contributed by atoms with Crippen LogP contribution in [0.25, 0.3) is 10.8 Å². The van der Waals surface area contributed by atoms with E-state index in [1.165, 1.54) is 6.07 Å². The lowest BCUT2D eigenvalue weighted by molar-refractivity contribution is 0.0988. The number of aliphatic hydroxyl groups is 2. The summed E-state index contributed by atoms with van der Waals surface area (Å²) in [4.78, 5) is 0.163. The maximum absolute atomic E-state index is 12.2. The molecule has 1 atom stereocenters. The van der Waals surface area contributed by atoms with Crippen LogP contribution in [0, 0.1) is 0 Å². The highest BCUT2D eigenvalue weighted by Gasteiger charge is 2.17. The number of hydrogen-bond donors (Lipinski definition) is 3. The summed E-state index contributed by atoms with van der Waals surface area (Å²) in [6, 6.07) is 12.2. The molecule has 2 aromatic carbocycles. The average Bonchev–Trinajstić information content (AvgIpc) is 2.44. The van der Waals surface area contributed by atoms with Crippen LogP contribution in [0.5, 0.6) is 0 Å². The Hall–Kier alpha value is -1.47. The highest BCUT2D eigenvalue weighted by atomic mass is 32.2. The molecule has 19 heavy (non-hydrogen) atoms. The van der Waals surface area contributed by atoms with Crippen molar-refractivity contribution >= 4 is 20.8 Å². The number of hydrogen-bond acceptors (Lipinski definition) is 4. The van der Waals surface area contributed by atoms with E-state index >= 15 is 0 Å². The maximum Gasteiger partial charge on any atom is 0.241 e. The first-order valence-electron chi connectivity index (χ1n) is 5.81. The van der Waals surface area contributed by atoms with E-state index in [-0.39, 0.29) is 11.4 Å². The predicted octanol–water partition coefficient (Wildman–Crippen LogP) is 0.471. The Bertz CT molecular complexity index is 664. The van der Waals surface area contributed by atoms with Crippen LogP contribution in [0.1, 0.15) is 0 Å². The van der Waals surface area contributed by atoms with Crippen LogP contribution in [0.4, 0.5) is 0 Å². The summed E-state index contributed by atoms with van der Waals surface area (Å²) in [6.45, 7) is -0.708. The Morgan fingerprint density at radius 2 is 1.79 bits per heavy atom. The molecule has 0 bridgehead atoms. The van der Waals surface area contributed by atoms with Gasteiger partial charge in [0.1, 0.15) is 0 Å². The molecule has 2 aromatic rings. The van der Waals surface area contributed by atoms with Crippen molar-refractivity contribution in [3.63, 3.8) is 0 Å². The normalized spacial score (nSPS) is 13.6. The summed E-state index contributed by atoms with van der Waals surface area (Å²) in [7, 11) is -3.71. The van der Waals surface area contributed by atoms with E-state index in [4.69, 9.17) is 5.11 Å². The molecule has 0 saturated carbocycles. The van der Waals surface area contributed by atoms with Crippen LogP contribution in [0.15, 0.2) is 47.4 Å². The second-order valence-electron chi connectivity index (χ2n) is 4.17. The third-order valence-corrected chi connectivity index (χ3v) is 4.24. The number of nitrogens with one attached hydrogen (secondary N) is 1. The van der Waals surface area contributed by atoms with Gasteiger partial charge in [0.25, 0.3) is 0 Å². The van der Waals surface area contributed by atoms with Crippen LogP contribution < -0.4 is 4.72 Å². The van der Waals surface area contributed by atoms with Gasteiger partial charge in [0.2, 0.25) is 10.0 Å². The van der Waals surface area contributed by atoms with Crippen molar-refractivity contribution in [3.05, 3.63) is 42.5 Å². The summed E-state index contributed by atoms with van der Waals surface area (Å²) in [6.07, 6.45) is -1.11. The molecule has 0 radical (unpaired) electrons. The monoisotopic (exact) mass is 281 g/mol. The van der Waals surface area contributed by atoms with E-state index < -0.39 is 22.7 Å². The van der Waals surface area contributed by atoms with Crippen LogP contribution >= 0.6 is 0 Å². The largest absolute Gasteiger partial charge is 0.394 e. The number of rotatable bonds is 5. The molecule has 5 nitrogen and oxygen atoms in total. The minimum absolute atomic E-state index is 0.163. The smallest absolute Gasteiger partial charge is 0.241 e. The van der Waals surface area contributed by atoms with Gasteiger partial charge in [-0.3, -0.25) is 0 Å². The van der Waals surface area contributed by atoms with Crippen molar-refractivity contribution in [1.29, 1.82) is 0 Å². The zero-order chi connectivity index (χ0) is 13.9. The van der Waals surface area contributed by atoms with Gasteiger partial charge in [-0.15, -0.1) is 0 Å². The molecular weight excluding hydrogens is 266 g/mol. The Morgan fingerprint density at radius 3 is 2.53 bits per heavy atom. The predicted molar refractivity (Wildman–Crippen MR) is 72.2 cm³/mol.